The van der Waals surface area contributed by atoms with E-state index in [4.69, 9.17) is 5.73 Å². The highest BCUT2D eigenvalue weighted by atomic mass is 14.9. The Balaban J connectivity index is 1.68. The van der Waals surface area contributed by atoms with Crippen LogP contribution in [0.5, 0.6) is 0 Å². The van der Waals surface area contributed by atoms with Crippen LogP contribution in [0.15, 0.2) is 0 Å². The molecule has 2 heteroatoms. The number of hydrogen-bond donors (Lipinski definition) is 2. The minimum atomic E-state index is 0.472. The Morgan fingerprint density at radius 1 is 1.06 bits per heavy atom. The molecule has 0 aromatic heterocycles. The molecule has 0 unspecified atom stereocenters. The van der Waals surface area contributed by atoms with Gasteiger partial charge in [0.05, 0.1) is 0 Å². The van der Waals surface area contributed by atoms with E-state index in [9.17, 15) is 0 Å². The second-order valence-electron chi connectivity index (χ2n) is 7.21. The highest BCUT2D eigenvalue weighted by molar-refractivity contribution is 4.97. The van der Waals surface area contributed by atoms with Crippen LogP contribution in [0.25, 0.3) is 0 Å². The summed E-state index contributed by atoms with van der Waals surface area (Å²) in [4.78, 5) is 0. The fourth-order valence-corrected chi connectivity index (χ4v) is 3.67. The van der Waals surface area contributed by atoms with Gasteiger partial charge in [0.15, 0.2) is 0 Å². The summed E-state index contributed by atoms with van der Waals surface area (Å²) >= 11 is 0. The Morgan fingerprint density at radius 2 is 1.72 bits per heavy atom. The Hall–Kier alpha value is -0.0800. The van der Waals surface area contributed by atoms with E-state index in [1.165, 1.54) is 64.5 Å². The van der Waals surface area contributed by atoms with E-state index in [1.807, 2.05) is 0 Å². The lowest BCUT2D eigenvalue weighted by atomic mass is 9.72. The van der Waals surface area contributed by atoms with Crippen LogP contribution in [0.4, 0.5) is 0 Å². The first kappa shape index (κ1) is 14.3. The van der Waals surface area contributed by atoms with Crippen molar-refractivity contribution in [2.24, 2.45) is 22.5 Å². The summed E-state index contributed by atoms with van der Waals surface area (Å²) in [5.74, 6) is 0.836. The van der Waals surface area contributed by atoms with Gasteiger partial charge in [-0.15, -0.1) is 0 Å². The molecular formula is C16H32N2. The van der Waals surface area contributed by atoms with E-state index in [0.717, 1.165) is 12.5 Å². The lowest BCUT2D eigenvalue weighted by molar-refractivity contribution is 0.178. The Morgan fingerprint density at radius 3 is 2.22 bits per heavy atom. The van der Waals surface area contributed by atoms with Crippen LogP contribution in [0.2, 0.25) is 0 Å². The van der Waals surface area contributed by atoms with E-state index >= 15 is 0 Å². The second kappa shape index (κ2) is 5.92. The van der Waals surface area contributed by atoms with Crippen LogP contribution >= 0.6 is 0 Å². The third-order valence-electron chi connectivity index (χ3n) is 5.77. The Kier molecular flexibility index (Phi) is 4.71. The van der Waals surface area contributed by atoms with Crippen molar-refractivity contribution >= 4 is 0 Å². The van der Waals surface area contributed by atoms with Crippen molar-refractivity contribution in [3.8, 4) is 0 Å². The van der Waals surface area contributed by atoms with Gasteiger partial charge in [-0.1, -0.05) is 33.1 Å². The molecule has 3 N–H and O–H groups in total. The third kappa shape index (κ3) is 3.27. The lowest BCUT2D eigenvalue weighted by Gasteiger charge is -2.36. The highest BCUT2D eigenvalue weighted by Crippen LogP contribution is 2.51. The summed E-state index contributed by atoms with van der Waals surface area (Å²) in [5, 5.41) is 3.72. The summed E-state index contributed by atoms with van der Waals surface area (Å²) < 4.78 is 0. The maximum absolute atomic E-state index is 6.04. The average Bonchev–Trinajstić information content (AvgIpc) is 3.17. The Bertz CT molecular complexity index is 250. The molecule has 0 heterocycles. The van der Waals surface area contributed by atoms with Gasteiger partial charge in [-0.05, 0) is 61.9 Å². The standard InChI is InChI=1S/C16H32N2/c1-14(2)16(8-9-16)13-18-11-10-15(12-17)6-4-3-5-7-15/h14,18H,3-13,17H2,1-2H3. The van der Waals surface area contributed by atoms with Gasteiger partial charge in [0.2, 0.25) is 0 Å². The Labute approximate surface area is 113 Å². The van der Waals surface area contributed by atoms with Crippen molar-refractivity contribution < 1.29 is 0 Å². The van der Waals surface area contributed by atoms with Gasteiger partial charge in [0, 0.05) is 6.54 Å². The summed E-state index contributed by atoms with van der Waals surface area (Å²) in [6.45, 7) is 8.04. The normalized spacial score (nSPS) is 25.3. The second-order valence-corrected chi connectivity index (χ2v) is 7.21. The zero-order valence-electron chi connectivity index (χ0n) is 12.4. The van der Waals surface area contributed by atoms with Crippen molar-refractivity contribution in [3.63, 3.8) is 0 Å². The largest absolute Gasteiger partial charge is 0.330 e. The van der Waals surface area contributed by atoms with E-state index in [-0.39, 0.29) is 0 Å². The molecule has 2 fully saturated rings. The predicted molar refractivity (Wildman–Crippen MR) is 78.6 cm³/mol. The van der Waals surface area contributed by atoms with Crippen LogP contribution in [0.1, 0.15) is 65.2 Å². The quantitative estimate of drug-likeness (QED) is 0.682. The molecular weight excluding hydrogens is 220 g/mol. The summed E-state index contributed by atoms with van der Waals surface area (Å²) in [7, 11) is 0. The van der Waals surface area contributed by atoms with Gasteiger partial charge in [0.25, 0.3) is 0 Å². The molecule has 2 rings (SSSR count). The molecule has 2 aliphatic rings. The van der Waals surface area contributed by atoms with Gasteiger partial charge in [-0.2, -0.15) is 0 Å². The van der Waals surface area contributed by atoms with Crippen LogP contribution in [-0.2, 0) is 0 Å². The van der Waals surface area contributed by atoms with E-state index in [1.54, 1.807) is 0 Å². The molecule has 2 nitrogen and oxygen atoms in total. The van der Waals surface area contributed by atoms with Crippen molar-refractivity contribution in [2.45, 2.75) is 65.2 Å². The molecule has 2 aliphatic carbocycles. The van der Waals surface area contributed by atoms with Crippen molar-refractivity contribution in [1.82, 2.24) is 5.32 Å². The highest BCUT2D eigenvalue weighted by Gasteiger charge is 2.44. The van der Waals surface area contributed by atoms with E-state index in [0.29, 0.717) is 10.8 Å². The van der Waals surface area contributed by atoms with Gasteiger partial charge in [0.1, 0.15) is 0 Å². The van der Waals surface area contributed by atoms with Crippen molar-refractivity contribution in [2.75, 3.05) is 19.6 Å². The summed E-state index contributed by atoms with van der Waals surface area (Å²) in [6, 6.07) is 0. The first-order chi connectivity index (χ1) is 8.63. The molecule has 0 aliphatic heterocycles. The molecule has 2 saturated carbocycles. The monoisotopic (exact) mass is 252 g/mol. The number of hydrogen-bond acceptors (Lipinski definition) is 2. The average molecular weight is 252 g/mol. The minimum Gasteiger partial charge on any atom is -0.330 e. The molecule has 0 saturated heterocycles. The van der Waals surface area contributed by atoms with Crippen LogP contribution in [-0.4, -0.2) is 19.6 Å². The molecule has 0 spiro atoms. The molecule has 0 amide bonds. The lowest BCUT2D eigenvalue weighted by Crippen LogP contribution is -2.37. The number of nitrogens with one attached hydrogen (secondary N) is 1. The molecule has 0 aromatic rings. The smallest absolute Gasteiger partial charge is 0.00103 e. The zero-order valence-corrected chi connectivity index (χ0v) is 12.4. The van der Waals surface area contributed by atoms with Gasteiger partial charge < -0.3 is 11.1 Å². The van der Waals surface area contributed by atoms with Crippen LogP contribution < -0.4 is 11.1 Å². The number of nitrogens with two attached hydrogens (primary N) is 1. The predicted octanol–water partition coefficient (Wildman–Crippen LogP) is 3.31. The molecule has 0 bridgehead atoms. The van der Waals surface area contributed by atoms with E-state index < -0.39 is 0 Å². The fourth-order valence-electron chi connectivity index (χ4n) is 3.67. The topological polar surface area (TPSA) is 38.0 Å². The number of rotatable bonds is 7. The third-order valence-corrected chi connectivity index (χ3v) is 5.77. The zero-order chi connectivity index (χ0) is 13.1. The molecule has 18 heavy (non-hydrogen) atoms. The van der Waals surface area contributed by atoms with Crippen molar-refractivity contribution in [3.05, 3.63) is 0 Å². The van der Waals surface area contributed by atoms with Gasteiger partial charge in [-0.3, -0.25) is 0 Å². The van der Waals surface area contributed by atoms with Gasteiger partial charge in [-0.25, -0.2) is 0 Å². The fraction of sp³-hybridized carbons (Fsp3) is 1.00. The van der Waals surface area contributed by atoms with Crippen LogP contribution in [0, 0.1) is 16.7 Å². The van der Waals surface area contributed by atoms with Gasteiger partial charge >= 0.3 is 0 Å². The summed E-state index contributed by atoms with van der Waals surface area (Å²) in [5.41, 5.74) is 7.15. The van der Waals surface area contributed by atoms with E-state index in [2.05, 4.69) is 19.2 Å². The first-order valence-electron chi connectivity index (χ1n) is 8.03. The maximum atomic E-state index is 6.04. The van der Waals surface area contributed by atoms with Crippen molar-refractivity contribution in [1.29, 1.82) is 0 Å². The molecule has 0 radical (unpaired) electrons. The minimum absolute atomic E-state index is 0.472. The first-order valence-corrected chi connectivity index (χ1v) is 8.03. The molecule has 0 atom stereocenters. The molecule has 106 valence electrons. The van der Waals surface area contributed by atoms with Crippen LogP contribution in [0.3, 0.4) is 0 Å². The summed E-state index contributed by atoms with van der Waals surface area (Å²) in [6.07, 6.45) is 11.1. The maximum Gasteiger partial charge on any atom is 0.00103 e. The SMILES string of the molecule is CC(C)C1(CNCCC2(CN)CCCCC2)CC1. The molecule has 0 aromatic carbocycles.